The van der Waals surface area contributed by atoms with Gasteiger partial charge in [0.2, 0.25) is 5.91 Å². The maximum atomic E-state index is 13.1. The van der Waals surface area contributed by atoms with Crippen LogP contribution in [0.1, 0.15) is 24.2 Å². The molecule has 2 amide bonds. The van der Waals surface area contributed by atoms with E-state index in [-0.39, 0.29) is 23.8 Å². The van der Waals surface area contributed by atoms with Gasteiger partial charge < -0.3 is 16.0 Å². The number of aromatic nitrogens is 1. The lowest BCUT2D eigenvalue weighted by Crippen LogP contribution is -2.38. The molecule has 0 fully saturated rings. The molecule has 0 spiro atoms. The van der Waals surface area contributed by atoms with Gasteiger partial charge in [-0.1, -0.05) is 13.8 Å². The standard InChI is InChI=1S/C13H19FN4O2/c1-8(2)5-16-11(19)7-18-13(20)10-4-9(14)6-17-12(10)15-3/h4,6,8H,5,7H2,1-3H3,(H,15,17)(H,16,19)(H,18,20). The van der Waals surface area contributed by atoms with Crippen molar-refractivity contribution in [1.82, 2.24) is 15.6 Å². The molecule has 1 rings (SSSR count). The first-order chi connectivity index (χ1) is 9.43. The Labute approximate surface area is 117 Å². The average molecular weight is 282 g/mol. The van der Waals surface area contributed by atoms with Crippen molar-refractivity contribution in [2.45, 2.75) is 13.8 Å². The molecule has 7 heteroatoms. The average Bonchev–Trinajstić information content (AvgIpc) is 2.42. The Morgan fingerprint density at radius 1 is 1.35 bits per heavy atom. The predicted molar refractivity (Wildman–Crippen MR) is 73.9 cm³/mol. The summed E-state index contributed by atoms with van der Waals surface area (Å²) in [5, 5.41) is 7.79. The van der Waals surface area contributed by atoms with E-state index >= 15 is 0 Å². The molecule has 0 aliphatic rings. The van der Waals surface area contributed by atoms with Gasteiger partial charge in [-0.3, -0.25) is 9.59 Å². The fraction of sp³-hybridized carbons (Fsp3) is 0.462. The lowest BCUT2D eigenvalue weighted by atomic mass is 10.2. The van der Waals surface area contributed by atoms with Gasteiger partial charge in [0, 0.05) is 13.6 Å². The zero-order valence-electron chi connectivity index (χ0n) is 11.8. The highest BCUT2D eigenvalue weighted by atomic mass is 19.1. The van der Waals surface area contributed by atoms with Crippen molar-refractivity contribution in [3.8, 4) is 0 Å². The van der Waals surface area contributed by atoms with Crippen LogP contribution in [-0.4, -0.2) is 36.9 Å². The number of carbonyl (C=O) groups is 2. The Morgan fingerprint density at radius 2 is 2.05 bits per heavy atom. The van der Waals surface area contributed by atoms with Crippen molar-refractivity contribution in [2.75, 3.05) is 25.5 Å². The summed E-state index contributed by atoms with van der Waals surface area (Å²) < 4.78 is 13.1. The highest BCUT2D eigenvalue weighted by Crippen LogP contribution is 2.12. The van der Waals surface area contributed by atoms with Crippen molar-refractivity contribution in [3.63, 3.8) is 0 Å². The predicted octanol–water partition coefficient (Wildman–Crippen LogP) is 0.764. The topological polar surface area (TPSA) is 83.1 Å². The van der Waals surface area contributed by atoms with Crippen molar-refractivity contribution < 1.29 is 14.0 Å². The zero-order valence-corrected chi connectivity index (χ0v) is 11.8. The van der Waals surface area contributed by atoms with Gasteiger partial charge in [0.1, 0.15) is 11.6 Å². The molecule has 1 heterocycles. The Kier molecular flexibility index (Phi) is 5.89. The van der Waals surface area contributed by atoms with Crippen LogP contribution in [-0.2, 0) is 4.79 Å². The van der Waals surface area contributed by atoms with E-state index in [0.29, 0.717) is 12.5 Å². The monoisotopic (exact) mass is 282 g/mol. The number of nitrogens with one attached hydrogen (secondary N) is 3. The minimum absolute atomic E-state index is 0.0594. The van der Waals surface area contributed by atoms with E-state index in [1.807, 2.05) is 13.8 Å². The molecule has 0 atom stereocenters. The van der Waals surface area contributed by atoms with Crippen molar-refractivity contribution in [3.05, 3.63) is 23.6 Å². The van der Waals surface area contributed by atoms with E-state index in [9.17, 15) is 14.0 Å². The second-order valence-electron chi connectivity index (χ2n) is 4.68. The van der Waals surface area contributed by atoms with E-state index in [0.717, 1.165) is 12.3 Å². The van der Waals surface area contributed by atoms with Crippen LogP contribution >= 0.6 is 0 Å². The molecule has 3 N–H and O–H groups in total. The lowest BCUT2D eigenvalue weighted by molar-refractivity contribution is -0.120. The fourth-order valence-electron chi connectivity index (χ4n) is 1.45. The van der Waals surface area contributed by atoms with Crippen LogP contribution in [0, 0.1) is 11.7 Å². The van der Waals surface area contributed by atoms with Crippen LogP contribution in [0.5, 0.6) is 0 Å². The van der Waals surface area contributed by atoms with E-state index in [1.54, 1.807) is 7.05 Å². The molecule has 0 aliphatic heterocycles. The molecule has 1 aromatic heterocycles. The molecule has 0 saturated carbocycles. The Balaban J connectivity index is 2.59. The Morgan fingerprint density at radius 3 is 2.65 bits per heavy atom. The number of amides is 2. The third-order valence-corrected chi connectivity index (χ3v) is 2.45. The Hall–Kier alpha value is -2.18. The van der Waals surface area contributed by atoms with Gasteiger partial charge in [-0.2, -0.15) is 0 Å². The van der Waals surface area contributed by atoms with Gasteiger partial charge in [-0.05, 0) is 12.0 Å². The largest absolute Gasteiger partial charge is 0.372 e. The maximum absolute atomic E-state index is 13.1. The molecule has 0 radical (unpaired) electrons. The minimum Gasteiger partial charge on any atom is -0.372 e. The van der Waals surface area contributed by atoms with E-state index in [1.165, 1.54) is 0 Å². The van der Waals surface area contributed by atoms with Gasteiger partial charge in [0.15, 0.2) is 0 Å². The number of hydrogen-bond acceptors (Lipinski definition) is 4. The van der Waals surface area contributed by atoms with E-state index in [4.69, 9.17) is 0 Å². The fourth-order valence-corrected chi connectivity index (χ4v) is 1.45. The van der Waals surface area contributed by atoms with Crippen LogP contribution in [0.2, 0.25) is 0 Å². The number of carbonyl (C=O) groups excluding carboxylic acids is 2. The minimum atomic E-state index is -0.613. The second-order valence-corrected chi connectivity index (χ2v) is 4.68. The molecule has 110 valence electrons. The summed E-state index contributed by atoms with van der Waals surface area (Å²) in [6.07, 6.45) is 1.01. The van der Waals surface area contributed by atoms with E-state index < -0.39 is 11.7 Å². The van der Waals surface area contributed by atoms with Crippen LogP contribution < -0.4 is 16.0 Å². The smallest absolute Gasteiger partial charge is 0.255 e. The van der Waals surface area contributed by atoms with E-state index in [2.05, 4.69) is 20.9 Å². The number of hydrogen-bond donors (Lipinski definition) is 3. The van der Waals surface area contributed by atoms with Crippen LogP contribution in [0.4, 0.5) is 10.2 Å². The third kappa shape index (κ3) is 4.83. The normalized spacial score (nSPS) is 10.2. The number of rotatable bonds is 6. The molecule has 20 heavy (non-hydrogen) atoms. The summed E-state index contributed by atoms with van der Waals surface area (Å²) in [6, 6.07) is 1.07. The third-order valence-electron chi connectivity index (χ3n) is 2.45. The zero-order chi connectivity index (χ0) is 15.1. The summed E-state index contributed by atoms with van der Waals surface area (Å²) in [7, 11) is 1.58. The summed E-state index contributed by atoms with van der Waals surface area (Å²) in [5.74, 6) is -0.869. The van der Waals surface area contributed by atoms with Gasteiger partial charge >= 0.3 is 0 Å². The summed E-state index contributed by atoms with van der Waals surface area (Å²) in [6.45, 7) is 4.32. The van der Waals surface area contributed by atoms with Crippen molar-refractivity contribution in [2.24, 2.45) is 5.92 Å². The van der Waals surface area contributed by atoms with Crippen molar-refractivity contribution >= 4 is 17.6 Å². The summed E-state index contributed by atoms with van der Waals surface area (Å²) >= 11 is 0. The van der Waals surface area contributed by atoms with Gasteiger partial charge in [-0.25, -0.2) is 9.37 Å². The van der Waals surface area contributed by atoms with Gasteiger partial charge in [0.25, 0.3) is 5.91 Å². The number of anilines is 1. The molecule has 1 aromatic rings. The molecular weight excluding hydrogens is 263 g/mol. The number of nitrogens with zero attached hydrogens (tertiary/aromatic N) is 1. The summed E-state index contributed by atoms with van der Waals surface area (Å²) in [5.41, 5.74) is 0.0594. The molecule has 0 aromatic carbocycles. The quantitative estimate of drug-likeness (QED) is 0.719. The molecule has 6 nitrogen and oxygen atoms in total. The Bertz CT molecular complexity index is 491. The second kappa shape index (κ2) is 7.42. The summed E-state index contributed by atoms with van der Waals surface area (Å²) in [4.78, 5) is 27.1. The van der Waals surface area contributed by atoms with Crippen LogP contribution in [0.15, 0.2) is 12.3 Å². The number of pyridine rings is 1. The molecule has 0 saturated heterocycles. The van der Waals surface area contributed by atoms with Crippen LogP contribution in [0.25, 0.3) is 0 Å². The first kappa shape index (κ1) is 15.9. The maximum Gasteiger partial charge on any atom is 0.255 e. The highest BCUT2D eigenvalue weighted by molar-refractivity contribution is 6.00. The highest BCUT2D eigenvalue weighted by Gasteiger charge is 2.14. The molecule has 0 bridgehead atoms. The van der Waals surface area contributed by atoms with Gasteiger partial charge in [-0.15, -0.1) is 0 Å². The van der Waals surface area contributed by atoms with Crippen molar-refractivity contribution in [1.29, 1.82) is 0 Å². The number of halogens is 1. The van der Waals surface area contributed by atoms with Crippen LogP contribution in [0.3, 0.4) is 0 Å². The van der Waals surface area contributed by atoms with Gasteiger partial charge in [0.05, 0.1) is 18.3 Å². The lowest BCUT2D eigenvalue weighted by Gasteiger charge is -2.10. The SMILES string of the molecule is CNc1ncc(F)cc1C(=O)NCC(=O)NCC(C)C. The first-order valence-corrected chi connectivity index (χ1v) is 6.32. The first-order valence-electron chi connectivity index (χ1n) is 6.32. The molecule has 0 aliphatic carbocycles. The molecular formula is C13H19FN4O2. The molecule has 0 unspecified atom stereocenters.